The molecule has 1 fully saturated rings. The molecule has 0 bridgehead atoms. The Hall–Kier alpha value is -2.11. The third-order valence-corrected chi connectivity index (χ3v) is 2.87. The first-order valence-electron chi connectivity index (χ1n) is 5.94. The van der Waals surface area contributed by atoms with E-state index in [1.165, 1.54) is 0 Å². The Bertz CT molecular complexity index is 415. The normalized spacial score (nSPS) is 15.3. The minimum atomic E-state index is 0.676. The minimum absolute atomic E-state index is 0.676. The largest absolute Gasteiger partial charge is 0.366 e. The molecule has 2 rings (SSSR count). The Morgan fingerprint density at radius 3 is 2.78 bits per heavy atom. The summed E-state index contributed by atoms with van der Waals surface area (Å²) in [5.74, 6) is 1.68. The van der Waals surface area contributed by atoms with Crippen molar-refractivity contribution in [1.29, 1.82) is 0 Å². The maximum atomic E-state index is 10.6. The van der Waals surface area contributed by atoms with Gasteiger partial charge in [0.05, 0.1) is 0 Å². The summed E-state index contributed by atoms with van der Waals surface area (Å²) in [6, 6.07) is 1.92. The van der Waals surface area contributed by atoms with Crippen LogP contribution in [-0.4, -0.2) is 54.0 Å². The molecule has 2 heterocycles. The van der Waals surface area contributed by atoms with E-state index in [0.717, 1.165) is 44.2 Å². The van der Waals surface area contributed by atoms with Gasteiger partial charge in [-0.1, -0.05) is 6.08 Å². The predicted molar refractivity (Wildman–Crippen MR) is 70.6 cm³/mol. The van der Waals surface area contributed by atoms with Gasteiger partial charge in [0.25, 0.3) is 0 Å². The molecule has 1 aromatic rings. The van der Waals surface area contributed by atoms with Crippen LogP contribution in [0.2, 0.25) is 0 Å². The maximum absolute atomic E-state index is 10.6. The molecule has 0 atom stereocenters. The van der Waals surface area contributed by atoms with Crippen molar-refractivity contribution < 1.29 is 4.79 Å². The van der Waals surface area contributed by atoms with Crippen LogP contribution >= 0.6 is 0 Å². The van der Waals surface area contributed by atoms with Crippen molar-refractivity contribution >= 4 is 18.0 Å². The van der Waals surface area contributed by atoms with Crippen molar-refractivity contribution in [3.63, 3.8) is 0 Å². The Morgan fingerprint density at radius 1 is 1.33 bits per heavy atom. The van der Waals surface area contributed by atoms with E-state index in [2.05, 4.69) is 26.8 Å². The number of nitrogens with zero attached hydrogens (tertiary/aromatic N) is 4. The second-order valence-corrected chi connectivity index (χ2v) is 4.06. The highest BCUT2D eigenvalue weighted by atomic mass is 16.1. The van der Waals surface area contributed by atoms with E-state index in [4.69, 9.17) is 0 Å². The highest BCUT2D eigenvalue weighted by Gasteiger charge is 2.16. The van der Waals surface area contributed by atoms with Gasteiger partial charge < -0.3 is 15.1 Å². The summed E-state index contributed by atoms with van der Waals surface area (Å²) in [7, 11) is 0. The number of carbonyl (C=O) groups excluding carboxylic acids is 1. The van der Waals surface area contributed by atoms with E-state index >= 15 is 0 Å². The molecule has 1 amide bonds. The molecule has 0 radical (unpaired) electrons. The van der Waals surface area contributed by atoms with Crippen LogP contribution < -0.4 is 10.2 Å². The van der Waals surface area contributed by atoms with Crippen LogP contribution in [0.5, 0.6) is 0 Å². The molecule has 0 aliphatic carbocycles. The number of piperazine rings is 1. The van der Waals surface area contributed by atoms with Gasteiger partial charge in [0.2, 0.25) is 6.41 Å². The van der Waals surface area contributed by atoms with Crippen LogP contribution in [0.25, 0.3) is 0 Å². The fourth-order valence-electron chi connectivity index (χ4n) is 1.85. The molecule has 0 spiro atoms. The van der Waals surface area contributed by atoms with Crippen molar-refractivity contribution in [1.82, 2.24) is 14.9 Å². The minimum Gasteiger partial charge on any atom is -0.366 e. The Labute approximate surface area is 106 Å². The lowest BCUT2D eigenvalue weighted by atomic mass is 10.3. The van der Waals surface area contributed by atoms with Crippen LogP contribution in [0, 0.1) is 0 Å². The third-order valence-electron chi connectivity index (χ3n) is 2.87. The summed E-state index contributed by atoms with van der Waals surface area (Å²) >= 11 is 0. The second-order valence-electron chi connectivity index (χ2n) is 4.06. The van der Waals surface area contributed by atoms with Crippen molar-refractivity contribution in [2.24, 2.45) is 0 Å². The van der Waals surface area contributed by atoms with Gasteiger partial charge in [-0.3, -0.25) is 4.79 Å². The van der Waals surface area contributed by atoms with Gasteiger partial charge >= 0.3 is 0 Å². The van der Waals surface area contributed by atoms with Crippen LogP contribution in [0.1, 0.15) is 0 Å². The van der Waals surface area contributed by atoms with Crippen LogP contribution in [0.4, 0.5) is 11.6 Å². The average Bonchev–Trinajstić information content (AvgIpc) is 2.45. The summed E-state index contributed by atoms with van der Waals surface area (Å²) in [6.45, 7) is 7.41. The predicted octanol–water partition coefficient (Wildman–Crippen LogP) is 0.353. The molecule has 1 N–H and O–H groups in total. The van der Waals surface area contributed by atoms with Gasteiger partial charge in [-0.05, 0) is 0 Å². The van der Waals surface area contributed by atoms with Crippen LogP contribution in [0.15, 0.2) is 25.0 Å². The van der Waals surface area contributed by atoms with Crippen molar-refractivity contribution in [3.05, 3.63) is 25.0 Å². The molecular weight excluding hydrogens is 230 g/mol. The number of carbonyl (C=O) groups is 1. The molecule has 0 unspecified atom stereocenters. The van der Waals surface area contributed by atoms with E-state index < -0.39 is 0 Å². The van der Waals surface area contributed by atoms with Crippen LogP contribution in [0.3, 0.4) is 0 Å². The molecule has 18 heavy (non-hydrogen) atoms. The topological polar surface area (TPSA) is 61.4 Å². The van der Waals surface area contributed by atoms with E-state index in [1.54, 1.807) is 17.3 Å². The van der Waals surface area contributed by atoms with E-state index in [9.17, 15) is 4.79 Å². The van der Waals surface area contributed by atoms with Gasteiger partial charge in [0.1, 0.15) is 18.0 Å². The lowest BCUT2D eigenvalue weighted by Crippen LogP contribution is -2.46. The number of anilines is 2. The van der Waals surface area contributed by atoms with Crippen LogP contribution in [-0.2, 0) is 4.79 Å². The molecule has 0 saturated carbocycles. The molecule has 1 aliphatic heterocycles. The quantitative estimate of drug-likeness (QED) is 0.601. The summed E-state index contributed by atoms with van der Waals surface area (Å²) in [5, 5.41) is 3.13. The summed E-state index contributed by atoms with van der Waals surface area (Å²) < 4.78 is 0. The first-order valence-corrected chi connectivity index (χ1v) is 5.94. The van der Waals surface area contributed by atoms with Gasteiger partial charge in [0.15, 0.2) is 0 Å². The SMILES string of the molecule is C=CCNc1cc(N2CCN(C=O)CC2)ncn1. The van der Waals surface area contributed by atoms with Crippen molar-refractivity contribution in [2.45, 2.75) is 0 Å². The number of amides is 1. The Kier molecular flexibility index (Phi) is 4.11. The third kappa shape index (κ3) is 2.97. The summed E-state index contributed by atoms with van der Waals surface area (Å²) in [4.78, 5) is 23.0. The van der Waals surface area contributed by atoms with Gasteiger partial charge in [-0.15, -0.1) is 6.58 Å². The Morgan fingerprint density at radius 2 is 2.11 bits per heavy atom. The van der Waals surface area contributed by atoms with E-state index in [-0.39, 0.29) is 0 Å². The number of hydrogen-bond acceptors (Lipinski definition) is 5. The number of aromatic nitrogens is 2. The van der Waals surface area contributed by atoms with E-state index in [0.29, 0.717) is 6.54 Å². The monoisotopic (exact) mass is 247 g/mol. The summed E-state index contributed by atoms with van der Waals surface area (Å²) in [6.07, 6.45) is 4.23. The highest BCUT2D eigenvalue weighted by Crippen LogP contribution is 2.15. The smallest absolute Gasteiger partial charge is 0.209 e. The zero-order chi connectivity index (χ0) is 12.8. The molecule has 6 heteroatoms. The first-order chi connectivity index (χ1) is 8.83. The number of rotatable bonds is 5. The molecule has 96 valence electrons. The number of nitrogens with one attached hydrogen (secondary N) is 1. The fourth-order valence-corrected chi connectivity index (χ4v) is 1.85. The molecule has 1 aliphatic rings. The molecule has 6 nitrogen and oxygen atoms in total. The van der Waals surface area contributed by atoms with Gasteiger partial charge in [-0.2, -0.15) is 0 Å². The molecular formula is C12H17N5O. The van der Waals surface area contributed by atoms with Crippen molar-refractivity contribution in [2.75, 3.05) is 42.9 Å². The molecule has 0 aromatic carbocycles. The average molecular weight is 247 g/mol. The maximum Gasteiger partial charge on any atom is 0.209 e. The van der Waals surface area contributed by atoms with Crippen molar-refractivity contribution in [3.8, 4) is 0 Å². The molecule has 1 aromatic heterocycles. The zero-order valence-corrected chi connectivity index (χ0v) is 10.2. The first kappa shape index (κ1) is 12.3. The second kappa shape index (κ2) is 6.00. The Balaban J connectivity index is 2.00. The van der Waals surface area contributed by atoms with Gasteiger partial charge in [-0.25, -0.2) is 9.97 Å². The standard InChI is InChI=1S/C12H17N5O/c1-2-3-13-11-8-12(15-9-14-11)17-6-4-16(10-18)5-7-17/h2,8-10H,1,3-7H2,(H,13,14,15). The fraction of sp³-hybridized carbons (Fsp3) is 0.417. The van der Waals surface area contributed by atoms with E-state index in [1.807, 2.05) is 6.07 Å². The zero-order valence-electron chi connectivity index (χ0n) is 10.2. The number of hydrogen-bond donors (Lipinski definition) is 1. The summed E-state index contributed by atoms with van der Waals surface area (Å²) in [5.41, 5.74) is 0. The van der Waals surface area contributed by atoms with Gasteiger partial charge in [0, 0.05) is 38.8 Å². The lowest BCUT2D eigenvalue weighted by Gasteiger charge is -2.33. The highest BCUT2D eigenvalue weighted by molar-refractivity contribution is 5.51. The molecule has 1 saturated heterocycles. The lowest BCUT2D eigenvalue weighted by molar-refractivity contribution is -0.118.